The minimum Gasteiger partial charge on any atom is -0.444 e. The van der Waals surface area contributed by atoms with Crippen LogP contribution in [0.4, 0.5) is 22.8 Å². The normalized spacial score (nSPS) is 28.5. The number of benzene rings is 1. The summed E-state index contributed by atoms with van der Waals surface area (Å²) in [7, 11) is -3.97. The van der Waals surface area contributed by atoms with Gasteiger partial charge in [0.05, 0.1) is 11.8 Å². The van der Waals surface area contributed by atoms with Crippen LogP contribution in [0.1, 0.15) is 75.8 Å². The van der Waals surface area contributed by atoms with Crippen LogP contribution in [-0.4, -0.2) is 102 Å². The highest BCUT2D eigenvalue weighted by atomic mass is 32.2. The number of carbonyl (C=O) groups is 5. The number of alkyl carbamates (subject to hydrolysis) is 1. The Labute approximate surface area is 305 Å². The smallest absolute Gasteiger partial charge is 0.425 e. The number of sulfonamides is 1. The van der Waals surface area contributed by atoms with Crippen molar-refractivity contribution in [2.45, 2.75) is 119 Å². The summed E-state index contributed by atoms with van der Waals surface area (Å²) in [5, 5.41) is 4.26. The Hall–Kier alpha value is -4.35. The summed E-state index contributed by atoms with van der Waals surface area (Å²) >= 11 is 0. The number of fused-ring (bicyclic) bond motifs is 3. The van der Waals surface area contributed by atoms with Crippen LogP contribution in [0.15, 0.2) is 36.4 Å². The largest absolute Gasteiger partial charge is 0.444 e. The van der Waals surface area contributed by atoms with Gasteiger partial charge < -0.3 is 29.9 Å². The van der Waals surface area contributed by atoms with Crippen LogP contribution >= 0.6 is 0 Å². The summed E-state index contributed by atoms with van der Waals surface area (Å²) < 4.78 is 77.4. The van der Waals surface area contributed by atoms with Gasteiger partial charge in [-0.15, -0.1) is 0 Å². The molecule has 290 valence electrons. The van der Waals surface area contributed by atoms with Crippen LogP contribution in [-0.2, 0) is 46.8 Å². The second-order valence-electron chi connectivity index (χ2n) is 14.5. The van der Waals surface area contributed by atoms with E-state index in [2.05, 4.69) is 20.1 Å². The molecule has 3 heterocycles. The Morgan fingerprint density at radius 2 is 1.79 bits per heavy atom. The highest BCUT2D eigenvalue weighted by Crippen LogP contribution is 2.46. The molecule has 3 N–H and O–H groups in total. The molecule has 6 rings (SSSR count). The molecule has 5 aliphatic rings. The Morgan fingerprint density at radius 3 is 2.51 bits per heavy atom. The van der Waals surface area contributed by atoms with Crippen molar-refractivity contribution in [3.8, 4) is 0 Å². The summed E-state index contributed by atoms with van der Waals surface area (Å²) in [4.78, 5) is 70.5. The number of halogens is 3. The summed E-state index contributed by atoms with van der Waals surface area (Å²) in [6, 6.07) is 4.90. The predicted molar refractivity (Wildman–Crippen MR) is 181 cm³/mol. The number of rotatable bonds is 6. The van der Waals surface area contributed by atoms with Gasteiger partial charge in [0.15, 0.2) is 6.10 Å². The number of hydrogen-bond donors (Lipinski definition) is 3. The van der Waals surface area contributed by atoms with Crippen LogP contribution in [0.5, 0.6) is 0 Å². The fraction of sp³-hybridized carbons (Fsp3) is 0.629. The van der Waals surface area contributed by atoms with E-state index in [0.29, 0.717) is 58.4 Å². The molecule has 6 atom stereocenters. The number of allylic oxidation sites excluding steroid dienone is 1. The van der Waals surface area contributed by atoms with Crippen molar-refractivity contribution in [2.24, 2.45) is 5.92 Å². The van der Waals surface area contributed by atoms with Crippen molar-refractivity contribution < 1.29 is 55.0 Å². The third-order valence-electron chi connectivity index (χ3n) is 10.5. The predicted octanol–water partition coefficient (Wildman–Crippen LogP) is 3.20. The standard InChI is InChI=1S/C35H44F3N5O9S/c1-21(35(36,37)38)51-32(47)39-27-12-6-4-2-3-5-11-24-18-34(24,31(46)41-53(49,50)26-13-14-26)40-29(44)28-17-25(20-43(28)30(27)45)52-33(48)42-16-15-22-9-7-8-10-23(22)19-42/h5,7-11,21,24-28H,2-4,6,12-20H2,1H3,(H,39,47)(H,40,44)(H,41,46)/t21?,24-,25+,27-,28-,34+/m0/s1. The molecule has 18 heteroatoms. The molecule has 1 aromatic carbocycles. The van der Waals surface area contributed by atoms with Gasteiger partial charge in [-0.2, -0.15) is 13.2 Å². The second kappa shape index (κ2) is 15.2. The van der Waals surface area contributed by atoms with Crippen molar-refractivity contribution in [3.05, 3.63) is 47.5 Å². The third kappa shape index (κ3) is 8.90. The third-order valence-corrected chi connectivity index (χ3v) is 12.4. The van der Waals surface area contributed by atoms with Crippen molar-refractivity contribution in [3.63, 3.8) is 0 Å². The second-order valence-corrected chi connectivity index (χ2v) is 16.4. The first-order valence-corrected chi connectivity index (χ1v) is 19.5. The van der Waals surface area contributed by atoms with Gasteiger partial charge in [0.2, 0.25) is 21.8 Å². The van der Waals surface area contributed by atoms with E-state index in [0.717, 1.165) is 16.0 Å². The van der Waals surface area contributed by atoms with Crippen LogP contribution in [0.3, 0.4) is 0 Å². The quantitative estimate of drug-likeness (QED) is 0.367. The molecule has 5 amide bonds. The van der Waals surface area contributed by atoms with Crippen molar-refractivity contribution in [2.75, 3.05) is 13.1 Å². The summed E-state index contributed by atoms with van der Waals surface area (Å²) in [6.07, 6.45) is -3.41. The molecule has 3 aliphatic heterocycles. The van der Waals surface area contributed by atoms with E-state index in [4.69, 9.17) is 4.74 Å². The van der Waals surface area contributed by atoms with E-state index < -0.39 is 87.1 Å². The molecule has 0 radical (unpaired) electrons. The lowest BCUT2D eigenvalue weighted by Crippen LogP contribution is -2.58. The summed E-state index contributed by atoms with van der Waals surface area (Å²) in [6.45, 7) is 1.02. The van der Waals surface area contributed by atoms with Gasteiger partial charge in [-0.1, -0.05) is 49.3 Å². The number of hydrogen-bond acceptors (Lipinski definition) is 9. The molecule has 1 saturated heterocycles. The van der Waals surface area contributed by atoms with E-state index in [9.17, 15) is 45.6 Å². The summed E-state index contributed by atoms with van der Waals surface area (Å²) in [5.41, 5.74) is 0.420. The molecule has 1 aromatic rings. The zero-order chi connectivity index (χ0) is 38.1. The van der Waals surface area contributed by atoms with Crippen LogP contribution in [0, 0.1) is 5.92 Å². The first kappa shape index (κ1) is 38.4. The Kier molecular flexibility index (Phi) is 11.0. The molecule has 53 heavy (non-hydrogen) atoms. The molecule has 2 saturated carbocycles. The monoisotopic (exact) mass is 767 g/mol. The van der Waals surface area contributed by atoms with E-state index in [1.807, 2.05) is 30.3 Å². The number of alkyl halides is 3. The lowest BCUT2D eigenvalue weighted by atomic mass is 10.0. The van der Waals surface area contributed by atoms with Gasteiger partial charge in [-0.05, 0) is 63.0 Å². The highest BCUT2D eigenvalue weighted by Gasteiger charge is 2.62. The lowest BCUT2D eigenvalue weighted by molar-refractivity contribution is -0.197. The molecule has 2 aliphatic carbocycles. The minimum atomic E-state index is -4.84. The molecule has 1 unspecified atom stereocenters. The van der Waals surface area contributed by atoms with Gasteiger partial charge in [-0.25, -0.2) is 18.0 Å². The number of nitrogens with one attached hydrogen (secondary N) is 3. The zero-order valence-corrected chi connectivity index (χ0v) is 30.0. The number of nitrogens with zero attached hydrogens (tertiary/aromatic N) is 2. The van der Waals surface area contributed by atoms with E-state index in [-0.39, 0.29) is 32.4 Å². The summed E-state index contributed by atoms with van der Waals surface area (Å²) in [5.74, 6) is -3.07. The highest BCUT2D eigenvalue weighted by molar-refractivity contribution is 7.91. The zero-order valence-electron chi connectivity index (χ0n) is 29.2. The maximum absolute atomic E-state index is 14.2. The Bertz CT molecular complexity index is 1750. The van der Waals surface area contributed by atoms with E-state index in [1.54, 1.807) is 6.08 Å². The first-order valence-electron chi connectivity index (χ1n) is 18.0. The fourth-order valence-corrected chi connectivity index (χ4v) is 8.48. The molecule has 14 nitrogen and oxygen atoms in total. The molecule has 0 aromatic heterocycles. The lowest BCUT2D eigenvalue weighted by Gasteiger charge is -2.30. The minimum absolute atomic E-state index is 0.00845. The molecule has 3 fully saturated rings. The maximum Gasteiger partial charge on any atom is 0.425 e. The van der Waals surface area contributed by atoms with Crippen molar-refractivity contribution in [1.29, 1.82) is 0 Å². The van der Waals surface area contributed by atoms with Gasteiger partial charge >= 0.3 is 18.4 Å². The van der Waals surface area contributed by atoms with Gasteiger partial charge in [0.25, 0.3) is 5.91 Å². The van der Waals surface area contributed by atoms with Crippen LogP contribution < -0.4 is 15.4 Å². The van der Waals surface area contributed by atoms with Gasteiger partial charge in [0.1, 0.15) is 23.7 Å². The van der Waals surface area contributed by atoms with E-state index in [1.165, 1.54) is 4.90 Å². The SMILES string of the molecule is CC(OC(=O)N[C@H]1CCCCCC=C[C@H]2C[C@@]2(C(=O)NS(=O)(=O)C2CC2)NC(=O)[C@@H]2C[C@@H](OC(=O)N3CCc4ccccc4C3)CN2C1=O)C(F)(F)F. The molecule has 0 bridgehead atoms. The molecule has 0 spiro atoms. The fourth-order valence-electron chi connectivity index (χ4n) is 7.12. The Morgan fingerprint density at radius 1 is 1.06 bits per heavy atom. The number of amides is 5. The van der Waals surface area contributed by atoms with Crippen molar-refractivity contribution in [1.82, 2.24) is 25.2 Å². The number of ether oxygens (including phenoxy) is 2. The maximum atomic E-state index is 14.2. The van der Waals surface area contributed by atoms with Crippen LogP contribution in [0.2, 0.25) is 0 Å². The average Bonchev–Trinajstić information content (AvgIpc) is 4.03. The average molecular weight is 768 g/mol. The van der Waals surface area contributed by atoms with Gasteiger partial charge in [0, 0.05) is 25.4 Å². The number of carbonyl (C=O) groups excluding carboxylic acids is 5. The van der Waals surface area contributed by atoms with Crippen LogP contribution in [0.25, 0.3) is 0 Å². The molecular formula is C35H44F3N5O9S. The van der Waals surface area contributed by atoms with E-state index >= 15 is 0 Å². The van der Waals surface area contributed by atoms with Crippen molar-refractivity contribution >= 4 is 39.9 Å². The van der Waals surface area contributed by atoms with Gasteiger partial charge in [-0.3, -0.25) is 19.1 Å². The topological polar surface area (TPSA) is 181 Å². The first-order chi connectivity index (χ1) is 25.1. The Balaban J connectivity index is 1.24. The molecular weight excluding hydrogens is 723 g/mol.